The molecule has 2 saturated carbocycles. The maximum Gasteiger partial charge on any atom is 0.407 e. The summed E-state index contributed by atoms with van der Waals surface area (Å²) in [6, 6.07) is 3.01. The van der Waals surface area contributed by atoms with Gasteiger partial charge < -0.3 is 31.3 Å². The molecule has 1 unspecified atom stereocenters. The van der Waals surface area contributed by atoms with Gasteiger partial charge in [-0.25, -0.2) is 4.79 Å². The van der Waals surface area contributed by atoms with Crippen molar-refractivity contribution < 1.29 is 23.9 Å². The molecule has 2 aromatic rings. The van der Waals surface area contributed by atoms with Gasteiger partial charge in [-0.2, -0.15) is 5.10 Å². The van der Waals surface area contributed by atoms with E-state index >= 15 is 0 Å². The van der Waals surface area contributed by atoms with E-state index in [1.165, 1.54) is 16.0 Å². The second-order valence-electron chi connectivity index (χ2n) is 14.3. The number of hydrogen-bond donors (Lipinski definition) is 5. The minimum atomic E-state index is -0.795. The minimum absolute atomic E-state index is 0.0603. The molecule has 2 heterocycles. The average molecular weight is 656 g/mol. The van der Waals surface area contributed by atoms with Gasteiger partial charge in [0.05, 0.1) is 5.00 Å². The summed E-state index contributed by atoms with van der Waals surface area (Å²) in [5.74, 6) is -0.536. The van der Waals surface area contributed by atoms with E-state index < -0.39 is 23.3 Å². The van der Waals surface area contributed by atoms with Crippen LogP contribution in [0.2, 0.25) is 0 Å². The number of alkyl carbamates (subject to hydrolysis) is 1. The van der Waals surface area contributed by atoms with Crippen LogP contribution in [-0.4, -0.2) is 70.9 Å². The van der Waals surface area contributed by atoms with E-state index in [1.807, 2.05) is 26.8 Å². The van der Waals surface area contributed by atoms with Crippen molar-refractivity contribution in [2.45, 2.75) is 102 Å². The maximum atomic E-state index is 13.7. The molecule has 0 aromatic carbocycles. The van der Waals surface area contributed by atoms with Crippen molar-refractivity contribution in [1.82, 2.24) is 31.0 Å². The van der Waals surface area contributed by atoms with Crippen molar-refractivity contribution >= 4 is 40.2 Å². The molecule has 5 rings (SSSR count). The average Bonchev–Trinajstić information content (AvgIpc) is 3.48. The Hall–Kier alpha value is -3.45. The first-order valence-corrected chi connectivity index (χ1v) is 17.3. The van der Waals surface area contributed by atoms with E-state index in [2.05, 4.69) is 31.7 Å². The van der Waals surface area contributed by atoms with Crippen LogP contribution in [0.15, 0.2) is 18.3 Å². The van der Waals surface area contributed by atoms with Gasteiger partial charge in [0.25, 0.3) is 5.91 Å². The Morgan fingerprint density at radius 1 is 1.11 bits per heavy atom. The number of rotatable bonds is 11. The van der Waals surface area contributed by atoms with Gasteiger partial charge >= 0.3 is 6.09 Å². The van der Waals surface area contributed by atoms with Crippen molar-refractivity contribution in [2.24, 2.45) is 18.4 Å². The lowest BCUT2D eigenvalue weighted by atomic mass is 9.80. The number of ether oxygens (including phenoxy) is 1. The molecule has 2 fully saturated rings. The lowest BCUT2D eigenvalue weighted by Gasteiger charge is -2.37. The number of thiophene rings is 1. The second-order valence-corrected chi connectivity index (χ2v) is 15.4. The van der Waals surface area contributed by atoms with Crippen LogP contribution in [0.5, 0.6) is 0 Å². The number of anilines is 1. The molecule has 4 amide bonds. The smallest absolute Gasteiger partial charge is 0.407 e. The lowest BCUT2D eigenvalue weighted by Crippen LogP contribution is -2.60. The highest BCUT2D eigenvalue weighted by molar-refractivity contribution is 7.16. The van der Waals surface area contributed by atoms with Crippen molar-refractivity contribution in [3.63, 3.8) is 0 Å². The van der Waals surface area contributed by atoms with E-state index in [0.29, 0.717) is 38.0 Å². The molecule has 12 nitrogen and oxygen atoms in total. The first-order valence-electron chi connectivity index (χ1n) is 16.5. The molecular formula is C33H49N7O5S. The largest absolute Gasteiger partial charge is 0.444 e. The molecule has 0 aliphatic heterocycles. The third kappa shape index (κ3) is 8.09. The molecule has 0 bridgehead atoms. The van der Waals surface area contributed by atoms with Gasteiger partial charge in [-0.1, -0.05) is 19.3 Å². The van der Waals surface area contributed by atoms with Crippen LogP contribution < -0.4 is 26.6 Å². The zero-order valence-corrected chi connectivity index (χ0v) is 28.5. The number of hydrogen-bond acceptors (Lipinski definition) is 8. The fourth-order valence-corrected chi connectivity index (χ4v) is 7.89. The standard InChI is InChI=1S/C33H49N7O5S/c1-31(2,3)45-30(44)35-19-32(14-15-32)20-36-33(29(43)34-4)13-11-22-17-25(46-24(22)18-33)38-28(42)26(21-9-7-6-8-10-21)39-27(41)23-12-16-37-40(23)5/h12,16-17,21,26,36H,6-11,13-15,18-20H2,1-5H3,(H,34,43)(H,35,44)(H,38,42)(H,39,41)/t26-,33?/m0/s1. The number of likely N-dealkylation sites (N-methyl/N-ethyl adjacent to an activating group) is 1. The molecule has 3 aliphatic carbocycles. The predicted octanol–water partition coefficient (Wildman–Crippen LogP) is 3.67. The molecule has 5 N–H and O–H groups in total. The molecule has 0 radical (unpaired) electrons. The molecule has 252 valence electrons. The first kappa shape index (κ1) is 33.9. The highest BCUT2D eigenvalue weighted by Gasteiger charge is 2.48. The monoisotopic (exact) mass is 655 g/mol. The van der Waals surface area contributed by atoms with E-state index in [0.717, 1.165) is 60.4 Å². The summed E-state index contributed by atoms with van der Waals surface area (Å²) in [6.07, 6.45) is 9.85. The summed E-state index contributed by atoms with van der Waals surface area (Å²) in [6.45, 7) is 6.59. The lowest BCUT2D eigenvalue weighted by molar-refractivity contribution is -0.127. The van der Waals surface area contributed by atoms with Crippen LogP contribution in [0.25, 0.3) is 0 Å². The van der Waals surface area contributed by atoms with Crippen LogP contribution in [0.4, 0.5) is 9.80 Å². The molecule has 2 atom stereocenters. The van der Waals surface area contributed by atoms with E-state index in [-0.39, 0.29) is 29.1 Å². The van der Waals surface area contributed by atoms with Gasteiger partial charge in [-0.05, 0) is 82.9 Å². The Labute approximate surface area is 275 Å². The molecule has 2 aromatic heterocycles. The first-order chi connectivity index (χ1) is 21.8. The van der Waals surface area contributed by atoms with Crippen molar-refractivity contribution in [1.29, 1.82) is 0 Å². The van der Waals surface area contributed by atoms with E-state index in [9.17, 15) is 19.2 Å². The van der Waals surface area contributed by atoms with Gasteiger partial charge in [0, 0.05) is 50.1 Å². The molecule has 3 aliphatic rings. The molecule has 46 heavy (non-hydrogen) atoms. The Morgan fingerprint density at radius 2 is 1.85 bits per heavy atom. The summed E-state index contributed by atoms with van der Waals surface area (Å²) in [5.41, 5.74) is 0.0677. The highest BCUT2D eigenvalue weighted by atomic mass is 32.1. The Morgan fingerprint density at radius 3 is 2.48 bits per heavy atom. The summed E-state index contributed by atoms with van der Waals surface area (Å²) in [4.78, 5) is 53.5. The minimum Gasteiger partial charge on any atom is -0.444 e. The summed E-state index contributed by atoms with van der Waals surface area (Å²) in [5, 5.41) is 20.3. The van der Waals surface area contributed by atoms with E-state index in [4.69, 9.17) is 4.74 Å². The third-order valence-corrected chi connectivity index (χ3v) is 10.7. The molecule has 13 heteroatoms. The zero-order chi connectivity index (χ0) is 33.1. The number of fused-ring (bicyclic) bond motifs is 1. The van der Waals surface area contributed by atoms with Crippen LogP contribution >= 0.6 is 11.3 Å². The maximum absolute atomic E-state index is 13.7. The highest BCUT2D eigenvalue weighted by Crippen LogP contribution is 2.46. The van der Waals surface area contributed by atoms with Gasteiger partial charge in [0.15, 0.2) is 0 Å². The number of amides is 4. The van der Waals surface area contributed by atoms with Crippen molar-refractivity contribution in [2.75, 3.05) is 25.5 Å². The Kier molecular flexibility index (Phi) is 10.1. The van der Waals surface area contributed by atoms with Crippen LogP contribution in [0.1, 0.15) is 93.1 Å². The molecule has 0 saturated heterocycles. The van der Waals surface area contributed by atoms with Gasteiger partial charge in [-0.15, -0.1) is 11.3 Å². The fourth-order valence-electron chi connectivity index (χ4n) is 6.66. The van der Waals surface area contributed by atoms with Crippen LogP contribution in [-0.2, 0) is 34.2 Å². The molecular weight excluding hydrogens is 606 g/mol. The van der Waals surface area contributed by atoms with Gasteiger partial charge in [0.2, 0.25) is 11.8 Å². The Balaban J connectivity index is 1.25. The van der Waals surface area contributed by atoms with Crippen molar-refractivity contribution in [3.05, 3.63) is 34.5 Å². The molecule has 0 spiro atoms. The zero-order valence-electron chi connectivity index (χ0n) is 27.7. The normalized spacial score (nSPS) is 21.4. The fraction of sp³-hybridized carbons (Fsp3) is 0.667. The number of aromatic nitrogens is 2. The second kappa shape index (κ2) is 13.7. The summed E-state index contributed by atoms with van der Waals surface area (Å²) in [7, 11) is 3.36. The number of nitrogens with zero attached hydrogens (tertiary/aromatic N) is 2. The number of nitrogens with one attached hydrogen (secondary N) is 5. The van der Waals surface area contributed by atoms with Crippen LogP contribution in [0, 0.1) is 11.3 Å². The number of carbonyl (C=O) groups excluding carboxylic acids is 4. The van der Waals surface area contributed by atoms with E-state index in [1.54, 1.807) is 26.4 Å². The third-order valence-electron chi connectivity index (χ3n) is 9.60. The van der Waals surface area contributed by atoms with Gasteiger partial charge in [-0.3, -0.25) is 19.1 Å². The number of aryl methyl sites for hydroxylation is 2. The summed E-state index contributed by atoms with van der Waals surface area (Å²) < 4.78 is 6.91. The van der Waals surface area contributed by atoms with Gasteiger partial charge in [0.1, 0.15) is 22.9 Å². The SMILES string of the molecule is CNC(=O)C1(NCC2(CNC(=O)OC(C)(C)C)CC2)CCc2cc(NC(=O)[C@@H](NC(=O)c3ccnn3C)C3CCCCC3)sc2C1. The summed E-state index contributed by atoms with van der Waals surface area (Å²) >= 11 is 1.49. The predicted molar refractivity (Wildman–Crippen MR) is 177 cm³/mol. The van der Waals surface area contributed by atoms with Crippen molar-refractivity contribution in [3.8, 4) is 0 Å². The number of carbonyl (C=O) groups is 4. The van der Waals surface area contributed by atoms with Crippen LogP contribution in [0.3, 0.4) is 0 Å². The Bertz CT molecular complexity index is 1440. The topological polar surface area (TPSA) is 155 Å². The quantitative estimate of drug-likeness (QED) is 0.247.